The SMILES string of the molecule is OC[C@H]1O[C@@H](c2ccc(Cl)c(Cc3ccc(OCCOCCBr)cc3)c2)[C@H](O)[C@@H](O)[C@@H]1O. The highest BCUT2D eigenvalue weighted by molar-refractivity contribution is 9.09. The summed E-state index contributed by atoms with van der Waals surface area (Å²) < 4.78 is 16.7. The number of benzene rings is 2. The molecule has 1 heterocycles. The van der Waals surface area contributed by atoms with Crippen molar-refractivity contribution in [3.05, 3.63) is 64.2 Å². The van der Waals surface area contributed by atoms with E-state index in [1.54, 1.807) is 18.2 Å². The molecule has 1 saturated heterocycles. The van der Waals surface area contributed by atoms with Crippen molar-refractivity contribution in [1.29, 1.82) is 0 Å². The molecule has 1 fully saturated rings. The third kappa shape index (κ3) is 6.42. The summed E-state index contributed by atoms with van der Waals surface area (Å²) in [6.45, 7) is 1.16. The van der Waals surface area contributed by atoms with Crippen LogP contribution in [0.1, 0.15) is 22.8 Å². The quantitative estimate of drug-likeness (QED) is 0.275. The van der Waals surface area contributed by atoms with Crippen molar-refractivity contribution in [2.45, 2.75) is 36.9 Å². The van der Waals surface area contributed by atoms with Gasteiger partial charge in [-0.05, 0) is 41.3 Å². The molecule has 176 valence electrons. The van der Waals surface area contributed by atoms with Gasteiger partial charge in [-0.15, -0.1) is 0 Å². The van der Waals surface area contributed by atoms with Crippen LogP contribution in [0.25, 0.3) is 0 Å². The lowest BCUT2D eigenvalue weighted by Gasteiger charge is -2.40. The van der Waals surface area contributed by atoms with Crippen LogP contribution in [0.3, 0.4) is 0 Å². The van der Waals surface area contributed by atoms with Crippen molar-refractivity contribution in [2.24, 2.45) is 0 Å². The minimum atomic E-state index is -1.43. The van der Waals surface area contributed by atoms with Gasteiger partial charge in [-0.25, -0.2) is 0 Å². The predicted octanol–water partition coefficient (Wildman–Crippen LogP) is 2.24. The summed E-state index contributed by atoms with van der Waals surface area (Å²) >= 11 is 9.70. The number of hydrogen-bond donors (Lipinski definition) is 4. The first-order valence-corrected chi connectivity index (χ1v) is 11.9. The predicted molar refractivity (Wildman–Crippen MR) is 124 cm³/mol. The molecule has 3 rings (SSSR count). The number of halogens is 2. The fraction of sp³-hybridized carbons (Fsp3) is 0.478. The fourth-order valence-electron chi connectivity index (χ4n) is 3.58. The number of hydrogen-bond acceptors (Lipinski definition) is 7. The number of aliphatic hydroxyl groups excluding tert-OH is 4. The third-order valence-corrected chi connectivity index (χ3v) is 6.02. The molecule has 5 atom stereocenters. The Morgan fingerprint density at radius 2 is 1.69 bits per heavy atom. The summed E-state index contributed by atoms with van der Waals surface area (Å²) in [6.07, 6.45) is -5.48. The van der Waals surface area contributed by atoms with Gasteiger partial charge >= 0.3 is 0 Å². The van der Waals surface area contributed by atoms with Crippen molar-refractivity contribution in [3.63, 3.8) is 0 Å². The Morgan fingerprint density at radius 3 is 2.38 bits per heavy atom. The smallest absolute Gasteiger partial charge is 0.119 e. The van der Waals surface area contributed by atoms with Gasteiger partial charge in [0.25, 0.3) is 0 Å². The molecule has 0 radical (unpaired) electrons. The van der Waals surface area contributed by atoms with E-state index in [1.165, 1.54) is 0 Å². The highest BCUT2D eigenvalue weighted by Crippen LogP contribution is 2.34. The Hall–Kier alpha value is -1.23. The third-order valence-electron chi connectivity index (χ3n) is 5.33. The molecule has 2 aromatic rings. The van der Waals surface area contributed by atoms with Crippen LogP contribution in [0.15, 0.2) is 42.5 Å². The second-order valence-corrected chi connectivity index (χ2v) is 8.77. The van der Waals surface area contributed by atoms with Crippen LogP contribution in [0.5, 0.6) is 5.75 Å². The van der Waals surface area contributed by atoms with Gasteiger partial charge < -0.3 is 34.6 Å². The molecule has 0 bridgehead atoms. The Labute approximate surface area is 200 Å². The number of ether oxygens (including phenoxy) is 3. The fourth-order valence-corrected chi connectivity index (χ4v) is 4.00. The van der Waals surface area contributed by atoms with Crippen LogP contribution >= 0.6 is 27.5 Å². The Balaban J connectivity index is 1.67. The first-order valence-electron chi connectivity index (χ1n) is 10.4. The second kappa shape index (κ2) is 12.3. The van der Waals surface area contributed by atoms with Crippen LogP contribution in [-0.4, -0.2) is 76.6 Å². The molecule has 0 aromatic heterocycles. The summed E-state index contributed by atoms with van der Waals surface area (Å²) in [5.41, 5.74) is 2.43. The molecule has 0 spiro atoms. The van der Waals surface area contributed by atoms with E-state index in [0.29, 0.717) is 36.8 Å². The maximum atomic E-state index is 10.4. The highest BCUT2D eigenvalue weighted by Gasteiger charge is 2.44. The van der Waals surface area contributed by atoms with E-state index in [-0.39, 0.29) is 0 Å². The molecule has 1 aliphatic rings. The first-order chi connectivity index (χ1) is 15.4. The van der Waals surface area contributed by atoms with Crippen molar-refractivity contribution in [2.75, 3.05) is 31.8 Å². The van der Waals surface area contributed by atoms with Crippen LogP contribution in [-0.2, 0) is 15.9 Å². The minimum Gasteiger partial charge on any atom is -0.491 e. The maximum Gasteiger partial charge on any atom is 0.119 e. The van der Waals surface area contributed by atoms with E-state index in [0.717, 1.165) is 22.2 Å². The molecular formula is C23H28BrClO7. The van der Waals surface area contributed by atoms with Gasteiger partial charge in [0.15, 0.2) is 0 Å². The van der Waals surface area contributed by atoms with Gasteiger partial charge in [-0.1, -0.05) is 51.8 Å². The van der Waals surface area contributed by atoms with Crippen LogP contribution < -0.4 is 4.74 Å². The Kier molecular flexibility index (Phi) is 9.76. The molecule has 7 nitrogen and oxygen atoms in total. The van der Waals surface area contributed by atoms with Gasteiger partial charge in [0, 0.05) is 10.4 Å². The summed E-state index contributed by atoms with van der Waals surface area (Å²) in [7, 11) is 0. The van der Waals surface area contributed by atoms with E-state index in [4.69, 9.17) is 25.8 Å². The van der Waals surface area contributed by atoms with Crippen LogP contribution in [0, 0.1) is 0 Å². The monoisotopic (exact) mass is 530 g/mol. The largest absolute Gasteiger partial charge is 0.491 e. The lowest BCUT2D eigenvalue weighted by Crippen LogP contribution is -2.55. The van der Waals surface area contributed by atoms with Crippen LogP contribution in [0.4, 0.5) is 0 Å². The Morgan fingerprint density at radius 1 is 0.938 bits per heavy atom. The molecular weight excluding hydrogens is 504 g/mol. The number of alkyl halides is 1. The summed E-state index contributed by atoms with van der Waals surface area (Å²) in [6, 6.07) is 12.9. The van der Waals surface area contributed by atoms with E-state index in [9.17, 15) is 20.4 Å². The highest BCUT2D eigenvalue weighted by atomic mass is 79.9. The maximum absolute atomic E-state index is 10.4. The first kappa shape index (κ1) is 25.4. The summed E-state index contributed by atoms with van der Waals surface area (Å²) in [5.74, 6) is 0.748. The topological polar surface area (TPSA) is 109 Å². The van der Waals surface area contributed by atoms with Gasteiger partial charge in [0.1, 0.15) is 42.9 Å². The molecule has 0 aliphatic carbocycles. The lowest BCUT2D eigenvalue weighted by molar-refractivity contribution is -0.231. The second-order valence-electron chi connectivity index (χ2n) is 7.57. The van der Waals surface area contributed by atoms with Gasteiger partial charge in [0.05, 0.1) is 19.8 Å². The normalized spacial score (nSPS) is 25.6. The number of aliphatic hydroxyl groups is 4. The standard InChI is InChI=1S/C23H28BrClO7/c24-7-8-30-9-10-31-17-4-1-14(2-5-17)11-16-12-15(3-6-18(16)25)23-22(29)21(28)20(27)19(13-26)32-23/h1-6,12,19-23,26-29H,7-11,13H2/t19-,20-,21+,22-,23+/m1/s1. The summed E-state index contributed by atoms with van der Waals surface area (Å²) in [4.78, 5) is 0. The minimum absolute atomic E-state index is 0.472. The van der Waals surface area contributed by atoms with E-state index < -0.39 is 37.1 Å². The van der Waals surface area contributed by atoms with Gasteiger partial charge in [-0.3, -0.25) is 0 Å². The van der Waals surface area contributed by atoms with E-state index >= 15 is 0 Å². The molecule has 0 amide bonds. The molecule has 32 heavy (non-hydrogen) atoms. The van der Waals surface area contributed by atoms with Crippen LogP contribution in [0.2, 0.25) is 5.02 Å². The zero-order valence-electron chi connectivity index (χ0n) is 17.4. The van der Waals surface area contributed by atoms with Gasteiger partial charge in [0.2, 0.25) is 0 Å². The lowest BCUT2D eigenvalue weighted by atomic mass is 9.90. The van der Waals surface area contributed by atoms with E-state index in [1.807, 2.05) is 24.3 Å². The molecule has 9 heteroatoms. The zero-order valence-corrected chi connectivity index (χ0v) is 19.8. The van der Waals surface area contributed by atoms with Crippen molar-refractivity contribution in [3.8, 4) is 5.75 Å². The summed E-state index contributed by atoms with van der Waals surface area (Å²) in [5, 5.41) is 41.2. The Bertz CT molecular complexity index is 849. The zero-order chi connectivity index (χ0) is 23.1. The van der Waals surface area contributed by atoms with Gasteiger partial charge in [-0.2, -0.15) is 0 Å². The molecule has 2 aromatic carbocycles. The van der Waals surface area contributed by atoms with E-state index in [2.05, 4.69) is 15.9 Å². The molecule has 4 N–H and O–H groups in total. The molecule has 0 unspecified atom stereocenters. The van der Waals surface area contributed by atoms with Crippen molar-refractivity contribution in [1.82, 2.24) is 0 Å². The van der Waals surface area contributed by atoms with Crippen molar-refractivity contribution >= 4 is 27.5 Å². The molecule has 1 aliphatic heterocycles. The molecule has 0 saturated carbocycles. The van der Waals surface area contributed by atoms with Crippen molar-refractivity contribution < 1.29 is 34.6 Å². The average Bonchev–Trinajstić information content (AvgIpc) is 2.80. The average molecular weight is 532 g/mol. The number of rotatable bonds is 10.